The molecule has 7 nitrogen and oxygen atoms in total. The van der Waals surface area contributed by atoms with Crippen molar-refractivity contribution in [2.24, 2.45) is 0 Å². The summed E-state index contributed by atoms with van der Waals surface area (Å²) in [7, 11) is 4.75. The molecule has 30 heavy (non-hydrogen) atoms. The van der Waals surface area contributed by atoms with Gasteiger partial charge in [-0.1, -0.05) is 56.4 Å². The standard InChI is InChI=1S/C22H24N4O3S/c1-22(2,3)15-9-7-13(8-10-15)20-25-26-19(23-24-21(26)30-20)14-11-16(27-4)18(29-6)17(12-14)28-5/h7-12H,1-6H3. The third-order valence-corrected chi connectivity index (χ3v) is 5.86. The minimum Gasteiger partial charge on any atom is -0.493 e. The monoisotopic (exact) mass is 424 g/mol. The van der Waals surface area contributed by atoms with Gasteiger partial charge in [-0.15, -0.1) is 10.2 Å². The number of rotatable bonds is 5. The van der Waals surface area contributed by atoms with Crippen LogP contribution < -0.4 is 14.2 Å². The molecule has 0 radical (unpaired) electrons. The van der Waals surface area contributed by atoms with E-state index in [1.54, 1.807) is 25.8 Å². The largest absolute Gasteiger partial charge is 0.493 e. The van der Waals surface area contributed by atoms with Crippen molar-refractivity contribution >= 4 is 16.3 Å². The molecule has 8 heteroatoms. The number of aromatic nitrogens is 4. The molecule has 0 bridgehead atoms. The topological polar surface area (TPSA) is 70.8 Å². The smallest absolute Gasteiger partial charge is 0.235 e. The minimum atomic E-state index is 0.111. The lowest BCUT2D eigenvalue weighted by molar-refractivity contribution is 0.324. The first-order chi connectivity index (χ1) is 14.4. The van der Waals surface area contributed by atoms with Gasteiger partial charge in [0.2, 0.25) is 10.7 Å². The summed E-state index contributed by atoms with van der Waals surface area (Å²) in [6.45, 7) is 6.61. The molecule has 4 aromatic rings. The molecule has 156 valence electrons. The molecule has 0 aliphatic rings. The van der Waals surface area contributed by atoms with E-state index in [0.717, 1.165) is 16.1 Å². The van der Waals surface area contributed by atoms with Gasteiger partial charge in [-0.2, -0.15) is 9.61 Å². The first-order valence-electron chi connectivity index (χ1n) is 9.49. The summed E-state index contributed by atoms with van der Waals surface area (Å²) in [5.41, 5.74) is 3.22. The zero-order valence-electron chi connectivity index (χ0n) is 17.9. The van der Waals surface area contributed by atoms with Crippen molar-refractivity contribution in [3.8, 4) is 39.2 Å². The Balaban J connectivity index is 1.77. The summed E-state index contributed by atoms with van der Waals surface area (Å²) in [5.74, 6) is 2.24. The van der Waals surface area contributed by atoms with E-state index in [1.165, 1.54) is 16.9 Å². The highest BCUT2D eigenvalue weighted by molar-refractivity contribution is 7.19. The van der Waals surface area contributed by atoms with Crippen LogP contribution in [0.2, 0.25) is 0 Å². The van der Waals surface area contributed by atoms with Gasteiger partial charge >= 0.3 is 0 Å². The summed E-state index contributed by atoms with van der Waals surface area (Å²) in [6, 6.07) is 12.2. The molecule has 0 aliphatic carbocycles. The maximum atomic E-state index is 5.46. The number of hydrogen-bond acceptors (Lipinski definition) is 7. The van der Waals surface area contributed by atoms with Crippen molar-refractivity contribution in [1.82, 2.24) is 19.8 Å². The molecule has 0 unspecified atom stereocenters. The van der Waals surface area contributed by atoms with Crippen molar-refractivity contribution in [2.45, 2.75) is 26.2 Å². The van der Waals surface area contributed by atoms with Crippen LogP contribution in [0.3, 0.4) is 0 Å². The Bertz CT molecular complexity index is 1160. The van der Waals surface area contributed by atoms with Gasteiger partial charge in [0.05, 0.1) is 21.3 Å². The zero-order chi connectivity index (χ0) is 21.5. The molecule has 0 spiro atoms. The Kier molecular flexibility index (Phi) is 5.11. The highest BCUT2D eigenvalue weighted by atomic mass is 32.1. The molecule has 0 aliphatic heterocycles. The molecule has 2 heterocycles. The fourth-order valence-corrected chi connectivity index (χ4v) is 4.08. The minimum absolute atomic E-state index is 0.111. The van der Waals surface area contributed by atoms with Crippen LogP contribution in [0.1, 0.15) is 26.3 Å². The Hall–Kier alpha value is -3.13. The normalized spacial score (nSPS) is 11.7. The molecule has 4 rings (SSSR count). The summed E-state index contributed by atoms with van der Waals surface area (Å²) >= 11 is 1.50. The van der Waals surface area contributed by atoms with E-state index in [4.69, 9.17) is 19.3 Å². The quantitative estimate of drug-likeness (QED) is 0.456. The Labute approximate surface area is 179 Å². The lowest BCUT2D eigenvalue weighted by Crippen LogP contribution is -2.10. The maximum Gasteiger partial charge on any atom is 0.235 e. The molecule has 0 fully saturated rings. The lowest BCUT2D eigenvalue weighted by Gasteiger charge is -2.18. The van der Waals surface area contributed by atoms with E-state index >= 15 is 0 Å². The van der Waals surface area contributed by atoms with Gasteiger partial charge in [0.25, 0.3) is 0 Å². The average Bonchev–Trinajstić information content (AvgIpc) is 3.33. The predicted molar refractivity (Wildman–Crippen MR) is 118 cm³/mol. The second-order valence-electron chi connectivity index (χ2n) is 7.87. The van der Waals surface area contributed by atoms with E-state index in [-0.39, 0.29) is 5.41 Å². The van der Waals surface area contributed by atoms with Crippen LogP contribution in [-0.4, -0.2) is 41.1 Å². The number of hydrogen-bond donors (Lipinski definition) is 0. The van der Waals surface area contributed by atoms with Gasteiger partial charge in [0, 0.05) is 11.1 Å². The van der Waals surface area contributed by atoms with Crippen molar-refractivity contribution in [3.05, 3.63) is 42.0 Å². The fraction of sp³-hybridized carbons (Fsp3) is 0.318. The molecule has 0 saturated carbocycles. The van der Waals surface area contributed by atoms with Gasteiger partial charge in [-0.25, -0.2) is 0 Å². The molecule has 0 atom stereocenters. The van der Waals surface area contributed by atoms with E-state index in [1.807, 2.05) is 12.1 Å². The maximum absolute atomic E-state index is 5.46. The van der Waals surface area contributed by atoms with Gasteiger partial charge in [-0.3, -0.25) is 0 Å². The molecule has 0 amide bonds. The summed E-state index contributed by atoms with van der Waals surface area (Å²) in [6.07, 6.45) is 0. The summed E-state index contributed by atoms with van der Waals surface area (Å²) < 4.78 is 18.1. The third kappa shape index (κ3) is 3.47. The van der Waals surface area contributed by atoms with E-state index in [2.05, 4.69) is 55.2 Å². The van der Waals surface area contributed by atoms with Gasteiger partial charge in [-0.05, 0) is 23.1 Å². The highest BCUT2D eigenvalue weighted by Crippen LogP contribution is 2.41. The van der Waals surface area contributed by atoms with Crippen LogP contribution in [0.5, 0.6) is 17.2 Å². The second-order valence-corrected chi connectivity index (χ2v) is 8.82. The predicted octanol–water partition coefficient (Wildman–Crippen LogP) is 4.84. The van der Waals surface area contributed by atoms with Crippen molar-refractivity contribution in [3.63, 3.8) is 0 Å². The van der Waals surface area contributed by atoms with E-state index in [0.29, 0.717) is 28.0 Å². The summed E-state index contributed by atoms with van der Waals surface area (Å²) in [4.78, 5) is 0.716. The number of nitrogens with zero attached hydrogens (tertiary/aromatic N) is 4. The zero-order valence-corrected chi connectivity index (χ0v) is 18.7. The van der Waals surface area contributed by atoms with Gasteiger partial charge in [0.15, 0.2) is 17.3 Å². The van der Waals surface area contributed by atoms with Gasteiger partial charge in [0.1, 0.15) is 5.01 Å². The first kappa shape index (κ1) is 20.2. The molecular formula is C22H24N4O3S. The number of ether oxygens (including phenoxy) is 3. The molecule has 0 saturated heterocycles. The number of fused-ring (bicyclic) bond motifs is 1. The number of benzene rings is 2. The average molecular weight is 425 g/mol. The van der Waals surface area contributed by atoms with E-state index < -0.39 is 0 Å². The SMILES string of the molecule is COc1cc(-c2nnc3sc(-c4ccc(C(C)(C)C)cc4)nn23)cc(OC)c1OC. The van der Waals surface area contributed by atoms with Crippen LogP contribution in [0.25, 0.3) is 26.9 Å². The van der Waals surface area contributed by atoms with Crippen LogP contribution in [-0.2, 0) is 5.41 Å². The lowest BCUT2D eigenvalue weighted by atomic mass is 9.87. The van der Waals surface area contributed by atoms with Crippen molar-refractivity contribution in [1.29, 1.82) is 0 Å². The molecule has 0 N–H and O–H groups in total. The highest BCUT2D eigenvalue weighted by Gasteiger charge is 2.20. The van der Waals surface area contributed by atoms with Crippen molar-refractivity contribution < 1.29 is 14.2 Å². The summed E-state index contributed by atoms with van der Waals surface area (Å²) in [5, 5.41) is 14.3. The fourth-order valence-electron chi connectivity index (χ4n) is 3.24. The third-order valence-electron chi connectivity index (χ3n) is 4.91. The van der Waals surface area contributed by atoms with Crippen LogP contribution >= 0.6 is 11.3 Å². The van der Waals surface area contributed by atoms with E-state index in [9.17, 15) is 0 Å². The Morgan fingerprint density at radius 1 is 0.833 bits per heavy atom. The molecular weight excluding hydrogens is 400 g/mol. The van der Waals surface area contributed by atoms with Crippen LogP contribution in [0.4, 0.5) is 0 Å². The Morgan fingerprint density at radius 3 is 2.00 bits per heavy atom. The van der Waals surface area contributed by atoms with Crippen molar-refractivity contribution in [2.75, 3.05) is 21.3 Å². The van der Waals surface area contributed by atoms with Crippen LogP contribution in [0.15, 0.2) is 36.4 Å². The van der Waals surface area contributed by atoms with Crippen LogP contribution in [0, 0.1) is 0 Å². The Morgan fingerprint density at radius 2 is 1.47 bits per heavy atom. The second kappa shape index (κ2) is 7.60. The first-order valence-corrected chi connectivity index (χ1v) is 10.3. The van der Waals surface area contributed by atoms with Gasteiger partial charge < -0.3 is 14.2 Å². The number of methoxy groups -OCH3 is 3. The molecule has 2 aromatic heterocycles. The molecule has 2 aromatic carbocycles.